The Morgan fingerprint density at radius 3 is 2.70 bits per heavy atom. The summed E-state index contributed by atoms with van der Waals surface area (Å²) in [6.07, 6.45) is 10.2. The summed E-state index contributed by atoms with van der Waals surface area (Å²) in [5.41, 5.74) is 6.15. The number of hydrogen-bond donors (Lipinski definition) is 0. The number of allylic oxidation sites excluding steroid dienone is 4. The number of benzene rings is 2. The van der Waals surface area contributed by atoms with Crippen LogP contribution in [-0.4, -0.2) is 18.8 Å². The van der Waals surface area contributed by atoms with Crippen molar-refractivity contribution >= 4 is 39.0 Å². The van der Waals surface area contributed by atoms with Crippen LogP contribution in [0.4, 0.5) is 0 Å². The second kappa shape index (κ2) is 7.77. The van der Waals surface area contributed by atoms with Gasteiger partial charge in [-0.1, -0.05) is 43.4 Å². The van der Waals surface area contributed by atoms with Crippen LogP contribution >= 0.6 is 11.8 Å². The van der Waals surface area contributed by atoms with Crippen LogP contribution in [0.25, 0.3) is 21.3 Å². The summed E-state index contributed by atoms with van der Waals surface area (Å²) in [5.74, 6) is 0.883. The molecule has 4 rings (SSSR count). The van der Waals surface area contributed by atoms with Crippen molar-refractivity contribution in [1.82, 2.24) is 0 Å². The van der Waals surface area contributed by atoms with Gasteiger partial charge in [0.1, 0.15) is 0 Å². The van der Waals surface area contributed by atoms with Gasteiger partial charge in [-0.3, -0.25) is 0 Å². The van der Waals surface area contributed by atoms with E-state index in [0.717, 1.165) is 37.0 Å². The average Bonchev–Trinajstić information content (AvgIpc) is 2.72. The number of methoxy groups -OCH3 is 1. The summed E-state index contributed by atoms with van der Waals surface area (Å²) in [4.78, 5) is 13.1. The first kappa shape index (κ1) is 18.1. The monoisotopic (exact) mass is 376 g/mol. The number of ether oxygens (including phenoxy) is 1. The number of esters is 1. The molecule has 2 aliphatic carbocycles. The van der Waals surface area contributed by atoms with Crippen molar-refractivity contribution in [1.29, 1.82) is 0 Å². The van der Waals surface area contributed by atoms with E-state index in [9.17, 15) is 4.79 Å². The number of rotatable bonds is 4. The summed E-state index contributed by atoms with van der Waals surface area (Å²) in [5, 5.41) is 2.60. The third kappa shape index (κ3) is 3.61. The van der Waals surface area contributed by atoms with Gasteiger partial charge in [0.25, 0.3) is 0 Å². The van der Waals surface area contributed by atoms with E-state index in [1.165, 1.54) is 45.1 Å². The van der Waals surface area contributed by atoms with Crippen LogP contribution in [0.15, 0.2) is 54.1 Å². The molecule has 27 heavy (non-hydrogen) atoms. The highest BCUT2D eigenvalue weighted by Gasteiger charge is 2.16. The Kier molecular flexibility index (Phi) is 5.22. The number of thioether (sulfide) groups is 1. The van der Waals surface area contributed by atoms with Crippen LogP contribution in [0.1, 0.15) is 42.9 Å². The normalized spacial score (nSPS) is 16.3. The molecular weight excluding hydrogens is 352 g/mol. The molecule has 0 N–H and O–H groups in total. The quantitative estimate of drug-likeness (QED) is 0.598. The van der Waals surface area contributed by atoms with E-state index in [2.05, 4.69) is 49.4 Å². The Hall–Kier alpha value is -2.26. The molecular formula is C24H24O2S. The van der Waals surface area contributed by atoms with Crippen molar-refractivity contribution < 1.29 is 9.53 Å². The first-order valence-corrected chi connectivity index (χ1v) is 10.6. The molecule has 0 fully saturated rings. The molecule has 0 saturated heterocycles. The van der Waals surface area contributed by atoms with Gasteiger partial charge < -0.3 is 4.74 Å². The van der Waals surface area contributed by atoms with Crippen LogP contribution in [0.2, 0.25) is 0 Å². The van der Waals surface area contributed by atoms with Gasteiger partial charge in [0, 0.05) is 10.5 Å². The van der Waals surface area contributed by atoms with Gasteiger partial charge in [-0.25, -0.2) is 4.79 Å². The van der Waals surface area contributed by atoms with E-state index in [0.29, 0.717) is 0 Å². The van der Waals surface area contributed by atoms with E-state index in [4.69, 9.17) is 4.74 Å². The Balaban J connectivity index is 1.71. The SMILES string of the molecule is CCSC1=CCCc2cc3ccc(C4=CC=C(C(=O)OC)CC4)cc3cc21. The Morgan fingerprint density at radius 1 is 1.07 bits per heavy atom. The van der Waals surface area contributed by atoms with Crippen molar-refractivity contribution in [2.75, 3.05) is 12.9 Å². The minimum absolute atomic E-state index is 0.219. The highest BCUT2D eigenvalue weighted by molar-refractivity contribution is 8.08. The van der Waals surface area contributed by atoms with Gasteiger partial charge in [0.2, 0.25) is 0 Å². The minimum atomic E-state index is -0.219. The van der Waals surface area contributed by atoms with Crippen LogP contribution in [0.5, 0.6) is 0 Å². The predicted octanol–water partition coefficient (Wildman–Crippen LogP) is 6.16. The number of fused-ring (bicyclic) bond motifs is 2. The summed E-state index contributed by atoms with van der Waals surface area (Å²) in [7, 11) is 1.44. The Bertz CT molecular complexity index is 995. The van der Waals surface area contributed by atoms with E-state index in [-0.39, 0.29) is 5.97 Å². The molecule has 0 radical (unpaired) electrons. The molecule has 0 saturated carbocycles. The third-order valence-corrected chi connectivity index (χ3v) is 6.33. The largest absolute Gasteiger partial charge is 0.466 e. The van der Waals surface area contributed by atoms with Gasteiger partial charge in [-0.05, 0) is 76.6 Å². The summed E-state index contributed by atoms with van der Waals surface area (Å²) >= 11 is 1.94. The van der Waals surface area contributed by atoms with Gasteiger partial charge in [0.05, 0.1) is 7.11 Å². The molecule has 0 atom stereocenters. The zero-order valence-electron chi connectivity index (χ0n) is 15.9. The van der Waals surface area contributed by atoms with Gasteiger partial charge in [-0.2, -0.15) is 0 Å². The lowest BCUT2D eigenvalue weighted by Crippen LogP contribution is -2.07. The number of carbonyl (C=O) groups excluding carboxylic acids is 1. The minimum Gasteiger partial charge on any atom is -0.466 e. The van der Waals surface area contributed by atoms with Crippen LogP contribution < -0.4 is 0 Å². The van der Waals surface area contributed by atoms with Crippen molar-refractivity contribution in [2.24, 2.45) is 0 Å². The lowest BCUT2D eigenvalue weighted by atomic mass is 9.89. The summed E-state index contributed by atoms with van der Waals surface area (Å²) in [6.45, 7) is 2.21. The lowest BCUT2D eigenvalue weighted by molar-refractivity contribution is -0.136. The molecule has 0 spiro atoms. The molecule has 0 unspecified atom stereocenters. The number of carbonyl (C=O) groups is 1. The molecule has 138 valence electrons. The van der Waals surface area contributed by atoms with Crippen LogP contribution in [0, 0.1) is 0 Å². The van der Waals surface area contributed by atoms with Crippen molar-refractivity contribution in [2.45, 2.75) is 32.6 Å². The molecule has 2 nitrogen and oxygen atoms in total. The molecule has 0 aromatic heterocycles. The second-order valence-corrected chi connectivity index (χ2v) is 8.29. The van der Waals surface area contributed by atoms with E-state index in [1.807, 2.05) is 17.8 Å². The van der Waals surface area contributed by atoms with Crippen LogP contribution in [-0.2, 0) is 16.0 Å². The zero-order chi connectivity index (χ0) is 18.8. The van der Waals surface area contributed by atoms with Crippen molar-refractivity contribution in [3.8, 4) is 0 Å². The topological polar surface area (TPSA) is 26.3 Å². The van der Waals surface area contributed by atoms with E-state index < -0.39 is 0 Å². The Labute approximate surface area is 165 Å². The molecule has 0 aliphatic heterocycles. The smallest absolute Gasteiger partial charge is 0.333 e. The lowest BCUT2D eigenvalue weighted by Gasteiger charge is -2.19. The number of hydrogen-bond acceptors (Lipinski definition) is 3. The van der Waals surface area contributed by atoms with Crippen molar-refractivity contribution in [3.63, 3.8) is 0 Å². The molecule has 3 heteroatoms. The highest BCUT2D eigenvalue weighted by atomic mass is 32.2. The first-order chi connectivity index (χ1) is 13.2. The maximum atomic E-state index is 11.7. The first-order valence-electron chi connectivity index (χ1n) is 9.58. The maximum Gasteiger partial charge on any atom is 0.333 e. The summed E-state index contributed by atoms with van der Waals surface area (Å²) < 4.78 is 4.83. The standard InChI is InChI=1S/C24H24O2S/c1-3-27-23-6-4-5-20-13-19-12-11-18(14-21(19)15-22(20)23)16-7-9-17(10-8-16)24(25)26-2/h6-7,9,11-15H,3-5,8,10H2,1-2H3. The second-order valence-electron chi connectivity index (χ2n) is 6.99. The fraction of sp³-hybridized carbons (Fsp3) is 0.292. The molecule has 2 aromatic rings. The summed E-state index contributed by atoms with van der Waals surface area (Å²) in [6, 6.07) is 11.5. The maximum absolute atomic E-state index is 11.7. The number of aryl methyl sites for hydroxylation is 1. The van der Waals surface area contributed by atoms with Gasteiger partial charge in [0.15, 0.2) is 0 Å². The fourth-order valence-electron chi connectivity index (χ4n) is 3.92. The average molecular weight is 377 g/mol. The predicted molar refractivity (Wildman–Crippen MR) is 116 cm³/mol. The third-order valence-electron chi connectivity index (χ3n) is 5.34. The molecule has 0 amide bonds. The molecule has 2 aliphatic rings. The Morgan fingerprint density at radius 2 is 1.96 bits per heavy atom. The highest BCUT2D eigenvalue weighted by Crippen LogP contribution is 2.38. The van der Waals surface area contributed by atoms with E-state index in [1.54, 1.807) is 0 Å². The van der Waals surface area contributed by atoms with Crippen LogP contribution in [0.3, 0.4) is 0 Å². The molecule has 0 heterocycles. The zero-order valence-corrected chi connectivity index (χ0v) is 16.7. The molecule has 0 bridgehead atoms. The van der Waals surface area contributed by atoms with Gasteiger partial charge >= 0.3 is 5.97 Å². The van der Waals surface area contributed by atoms with Crippen molar-refractivity contribution in [3.05, 3.63) is 70.8 Å². The van der Waals surface area contributed by atoms with E-state index >= 15 is 0 Å². The molecule has 2 aromatic carbocycles. The fourth-order valence-corrected chi connectivity index (χ4v) is 4.81. The van der Waals surface area contributed by atoms with Gasteiger partial charge in [-0.15, -0.1) is 11.8 Å².